The Bertz CT molecular complexity index is 704. The molecule has 0 radical (unpaired) electrons. The summed E-state index contributed by atoms with van der Waals surface area (Å²) >= 11 is 5.67. The van der Waals surface area contributed by atoms with Crippen LogP contribution < -0.4 is 20.3 Å². The average Bonchev–Trinajstić information content (AvgIpc) is 2.59. The van der Waals surface area contributed by atoms with Crippen LogP contribution in [0.1, 0.15) is 5.56 Å². The molecule has 0 saturated carbocycles. The van der Waals surface area contributed by atoms with Gasteiger partial charge in [0.25, 0.3) is 5.91 Å². The lowest BCUT2D eigenvalue weighted by Gasteiger charge is -2.07. The Labute approximate surface area is 138 Å². The van der Waals surface area contributed by atoms with E-state index in [2.05, 4.69) is 20.8 Å². The molecule has 0 bridgehead atoms. The number of ether oxygens (including phenoxy) is 2. The normalized spacial score (nSPS) is 10.4. The highest BCUT2D eigenvalue weighted by Crippen LogP contribution is 2.27. The Morgan fingerprint density at radius 2 is 1.87 bits per heavy atom. The van der Waals surface area contributed by atoms with Gasteiger partial charge in [-0.15, -0.1) is 0 Å². The van der Waals surface area contributed by atoms with E-state index in [0.29, 0.717) is 16.5 Å². The monoisotopic (exact) mass is 334 g/mol. The number of anilines is 1. The number of benzene rings is 1. The van der Waals surface area contributed by atoms with E-state index in [1.807, 2.05) is 0 Å². The molecule has 0 atom stereocenters. The number of nitrogens with zero attached hydrogens (tertiary/aromatic N) is 2. The minimum atomic E-state index is -0.363. The second kappa shape index (κ2) is 8.00. The van der Waals surface area contributed by atoms with Gasteiger partial charge in [0.05, 0.1) is 31.6 Å². The Balaban J connectivity index is 1.94. The van der Waals surface area contributed by atoms with Crippen LogP contribution in [0.15, 0.2) is 36.7 Å². The van der Waals surface area contributed by atoms with E-state index in [-0.39, 0.29) is 11.9 Å². The summed E-state index contributed by atoms with van der Waals surface area (Å²) in [5.74, 6) is 1.08. The van der Waals surface area contributed by atoms with Crippen LogP contribution in [0.3, 0.4) is 0 Å². The average molecular weight is 335 g/mol. The molecule has 0 unspecified atom stereocenters. The highest BCUT2D eigenvalue weighted by Gasteiger charge is 2.03. The number of halogens is 1. The maximum Gasteiger partial charge on any atom is 0.262 e. The fourth-order valence-electron chi connectivity index (χ4n) is 1.66. The molecule has 1 aromatic carbocycles. The first kappa shape index (κ1) is 16.6. The number of hydrogen-bond acceptors (Lipinski definition) is 6. The quantitative estimate of drug-likeness (QED) is 0.623. The molecule has 1 heterocycles. The molecule has 0 fully saturated rings. The predicted molar refractivity (Wildman–Crippen MR) is 87.4 cm³/mol. The number of amides is 1. The van der Waals surface area contributed by atoms with Gasteiger partial charge in [-0.25, -0.2) is 9.97 Å². The van der Waals surface area contributed by atoms with Gasteiger partial charge in [-0.05, 0) is 23.8 Å². The number of rotatable bonds is 6. The van der Waals surface area contributed by atoms with Crippen molar-refractivity contribution in [3.8, 4) is 11.5 Å². The highest BCUT2D eigenvalue weighted by molar-refractivity contribution is 6.30. The molecule has 2 N–H and O–H groups in total. The van der Waals surface area contributed by atoms with Crippen molar-refractivity contribution in [2.75, 3.05) is 19.6 Å². The zero-order valence-electron chi connectivity index (χ0n) is 12.5. The van der Waals surface area contributed by atoms with Crippen molar-refractivity contribution in [2.24, 2.45) is 0 Å². The van der Waals surface area contributed by atoms with Gasteiger partial charge in [-0.2, -0.15) is 0 Å². The van der Waals surface area contributed by atoms with E-state index in [1.54, 1.807) is 38.5 Å². The highest BCUT2D eigenvalue weighted by atomic mass is 35.5. The van der Waals surface area contributed by atoms with Crippen LogP contribution in [0.2, 0.25) is 5.02 Å². The standard InChI is InChI=1S/C15H15ClN4O3/c1-22-12-5-3-10(7-13(12)23-2)4-6-14(21)19-20-15-17-8-11(16)9-18-15/h3-9H,1-2H3,(H,19,21)(H,17,18,20)/b6-4+. The summed E-state index contributed by atoms with van der Waals surface area (Å²) in [7, 11) is 3.11. The molecule has 0 aliphatic rings. The van der Waals surface area contributed by atoms with Crippen molar-refractivity contribution in [2.45, 2.75) is 0 Å². The molecule has 0 aliphatic heterocycles. The largest absolute Gasteiger partial charge is 0.493 e. The summed E-state index contributed by atoms with van der Waals surface area (Å²) in [6.45, 7) is 0. The van der Waals surface area contributed by atoms with Gasteiger partial charge in [-0.1, -0.05) is 17.7 Å². The van der Waals surface area contributed by atoms with Gasteiger partial charge in [-0.3, -0.25) is 15.6 Å². The topological polar surface area (TPSA) is 85.4 Å². The first-order valence-corrected chi connectivity index (χ1v) is 6.94. The third-order valence-corrected chi connectivity index (χ3v) is 2.95. The zero-order valence-corrected chi connectivity index (χ0v) is 13.3. The third kappa shape index (κ3) is 4.86. The van der Waals surface area contributed by atoms with E-state index in [9.17, 15) is 4.79 Å². The lowest BCUT2D eigenvalue weighted by Crippen LogP contribution is -2.28. The summed E-state index contributed by atoms with van der Waals surface area (Å²) in [5, 5.41) is 0.412. The van der Waals surface area contributed by atoms with Crippen molar-refractivity contribution < 1.29 is 14.3 Å². The van der Waals surface area contributed by atoms with Gasteiger partial charge in [0.1, 0.15) is 0 Å². The van der Waals surface area contributed by atoms with Crippen LogP contribution in [0.25, 0.3) is 6.08 Å². The molecular weight excluding hydrogens is 320 g/mol. The molecule has 8 heteroatoms. The van der Waals surface area contributed by atoms with E-state index in [1.165, 1.54) is 18.5 Å². The number of carbonyl (C=O) groups is 1. The number of hydrazine groups is 1. The summed E-state index contributed by atoms with van der Waals surface area (Å²) in [4.78, 5) is 19.5. The maximum absolute atomic E-state index is 11.7. The molecular formula is C15H15ClN4O3. The lowest BCUT2D eigenvalue weighted by molar-refractivity contribution is -0.116. The van der Waals surface area contributed by atoms with E-state index in [4.69, 9.17) is 21.1 Å². The Morgan fingerprint density at radius 3 is 2.52 bits per heavy atom. The summed E-state index contributed by atoms with van der Waals surface area (Å²) in [6, 6.07) is 5.33. The van der Waals surface area contributed by atoms with Gasteiger partial charge < -0.3 is 9.47 Å². The van der Waals surface area contributed by atoms with Gasteiger partial charge in [0.2, 0.25) is 5.95 Å². The van der Waals surface area contributed by atoms with Crippen LogP contribution in [0.5, 0.6) is 11.5 Å². The Kier molecular flexibility index (Phi) is 5.76. The molecule has 2 rings (SSSR count). The smallest absolute Gasteiger partial charge is 0.262 e. The Morgan fingerprint density at radius 1 is 1.17 bits per heavy atom. The summed E-state index contributed by atoms with van der Waals surface area (Å²) in [5.41, 5.74) is 5.80. The maximum atomic E-state index is 11.7. The van der Waals surface area contributed by atoms with Crippen LogP contribution >= 0.6 is 11.6 Å². The molecule has 1 aromatic heterocycles. The van der Waals surface area contributed by atoms with E-state index >= 15 is 0 Å². The number of nitrogens with one attached hydrogen (secondary N) is 2. The summed E-state index contributed by atoms with van der Waals surface area (Å²) < 4.78 is 10.4. The molecule has 0 saturated heterocycles. The molecule has 0 spiro atoms. The lowest BCUT2D eigenvalue weighted by atomic mass is 10.2. The van der Waals surface area contributed by atoms with E-state index in [0.717, 1.165) is 5.56 Å². The molecule has 23 heavy (non-hydrogen) atoms. The van der Waals surface area contributed by atoms with Crippen molar-refractivity contribution in [3.63, 3.8) is 0 Å². The van der Waals surface area contributed by atoms with E-state index < -0.39 is 0 Å². The van der Waals surface area contributed by atoms with Crippen molar-refractivity contribution in [1.29, 1.82) is 0 Å². The van der Waals surface area contributed by atoms with Crippen molar-refractivity contribution in [3.05, 3.63) is 47.3 Å². The van der Waals surface area contributed by atoms with Crippen LogP contribution in [0, 0.1) is 0 Å². The first-order valence-electron chi connectivity index (χ1n) is 6.56. The van der Waals surface area contributed by atoms with Gasteiger partial charge in [0.15, 0.2) is 11.5 Å². The molecule has 0 aliphatic carbocycles. The fraction of sp³-hybridized carbons (Fsp3) is 0.133. The molecule has 1 amide bonds. The minimum Gasteiger partial charge on any atom is -0.493 e. The zero-order chi connectivity index (χ0) is 16.7. The third-order valence-electron chi connectivity index (χ3n) is 2.75. The van der Waals surface area contributed by atoms with Crippen molar-refractivity contribution in [1.82, 2.24) is 15.4 Å². The number of carbonyl (C=O) groups excluding carboxylic acids is 1. The Hall–Kier alpha value is -2.80. The second-order valence-electron chi connectivity index (χ2n) is 4.29. The summed E-state index contributed by atoms with van der Waals surface area (Å²) in [6.07, 6.45) is 5.84. The van der Waals surface area contributed by atoms with Gasteiger partial charge in [0, 0.05) is 6.08 Å². The minimum absolute atomic E-state index is 0.238. The second-order valence-corrected chi connectivity index (χ2v) is 4.72. The molecule has 7 nitrogen and oxygen atoms in total. The van der Waals surface area contributed by atoms with Crippen LogP contribution in [0.4, 0.5) is 5.95 Å². The van der Waals surface area contributed by atoms with Crippen LogP contribution in [-0.2, 0) is 4.79 Å². The van der Waals surface area contributed by atoms with Crippen molar-refractivity contribution >= 4 is 29.5 Å². The first-order chi connectivity index (χ1) is 11.1. The number of methoxy groups -OCH3 is 2. The number of aromatic nitrogens is 2. The number of hydrogen-bond donors (Lipinski definition) is 2. The fourth-order valence-corrected chi connectivity index (χ4v) is 1.76. The SMILES string of the molecule is COc1ccc(/C=C/C(=O)NNc2ncc(Cl)cn2)cc1OC. The van der Waals surface area contributed by atoms with Crippen LogP contribution in [-0.4, -0.2) is 30.1 Å². The predicted octanol–water partition coefficient (Wildman–Crippen LogP) is 2.30. The van der Waals surface area contributed by atoms with Gasteiger partial charge >= 0.3 is 0 Å². The molecule has 2 aromatic rings. The molecule has 120 valence electrons.